The van der Waals surface area contributed by atoms with Crippen LogP contribution in [0.15, 0.2) is 109 Å². The molecular weight excluding hydrogens is 416 g/mol. The normalized spacial score (nSPS) is 13.9. The van der Waals surface area contributed by atoms with Crippen LogP contribution < -0.4 is 0 Å². The second-order valence-electron chi connectivity index (χ2n) is 8.81. The predicted molar refractivity (Wildman–Crippen MR) is 146 cm³/mol. The third-order valence-corrected chi connectivity index (χ3v) is 8.08. The molecule has 0 amide bonds. The van der Waals surface area contributed by atoms with E-state index in [1.807, 2.05) is 11.3 Å². The Balaban J connectivity index is 1.61. The van der Waals surface area contributed by atoms with E-state index in [-0.39, 0.29) is 0 Å². The Morgan fingerprint density at radius 3 is 1.82 bits per heavy atom. The zero-order valence-corrected chi connectivity index (χ0v) is 19.0. The first kappa shape index (κ1) is 18.8. The maximum absolute atomic E-state index is 2.41. The van der Waals surface area contributed by atoms with Crippen molar-refractivity contribution >= 4 is 58.6 Å². The van der Waals surface area contributed by atoms with Crippen LogP contribution in [-0.2, 0) is 0 Å². The molecule has 1 aliphatic carbocycles. The van der Waals surface area contributed by atoms with Crippen molar-refractivity contribution in [3.05, 3.63) is 115 Å². The highest BCUT2D eigenvalue weighted by atomic mass is 32.1. The van der Waals surface area contributed by atoms with Gasteiger partial charge in [-0.05, 0) is 74.8 Å². The number of thiophene rings is 1. The number of benzene rings is 5. The Morgan fingerprint density at radius 2 is 1.15 bits per heavy atom. The molecule has 0 atom stereocenters. The molecule has 0 saturated carbocycles. The highest BCUT2D eigenvalue weighted by molar-refractivity contribution is 7.25. The highest BCUT2D eigenvalue weighted by Gasteiger charge is 2.18. The van der Waals surface area contributed by atoms with Crippen molar-refractivity contribution in [1.29, 1.82) is 0 Å². The van der Waals surface area contributed by atoms with Gasteiger partial charge in [0, 0.05) is 20.2 Å². The minimum atomic E-state index is 1.09. The van der Waals surface area contributed by atoms with E-state index in [9.17, 15) is 0 Å². The largest absolute Gasteiger partial charge is 0.135 e. The van der Waals surface area contributed by atoms with Crippen molar-refractivity contribution in [2.75, 3.05) is 0 Å². The summed E-state index contributed by atoms with van der Waals surface area (Å²) in [4.78, 5) is 0. The van der Waals surface area contributed by atoms with Crippen LogP contribution in [0.4, 0.5) is 0 Å². The smallest absolute Gasteiger partial charge is 0.0355 e. The van der Waals surface area contributed by atoms with E-state index in [1.54, 1.807) is 0 Å². The van der Waals surface area contributed by atoms with Crippen LogP contribution in [0.3, 0.4) is 0 Å². The average molecular weight is 439 g/mol. The molecule has 0 saturated heterocycles. The van der Waals surface area contributed by atoms with Crippen LogP contribution >= 0.6 is 11.3 Å². The maximum Gasteiger partial charge on any atom is 0.0355 e. The summed E-state index contributed by atoms with van der Waals surface area (Å²) >= 11 is 1.88. The molecule has 0 bridgehead atoms. The van der Waals surface area contributed by atoms with Gasteiger partial charge in [-0.1, -0.05) is 91.0 Å². The van der Waals surface area contributed by atoms with Crippen LogP contribution in [0, 0.1) is 0 Å². The third-order valence-electron chi connectivity index (χ3n) is 6.93. The number of allylic oxidation sites excluding steroid dienone is 4. The summed E-state index contributed by atoms with van der Waals surface area (Å²) in [5.41, 5.74) is 5.48. The van der Waals surface area contributed by atoms with Gasteiger partial charge in [0.05, 0.1) is 0 Å². The van der Waals surface area contributed by atoms with Crippen LogP contribution in [0.1, 0.15) is 18.4 Å². The second kappa shape index (κ2) is 7.43. The van der Waals surface area contributed by atoms with Gasteiger partial charge in [0.2, 0.25) is 0 Å². The van der Waals surface area contributed by atoms with Gasteiger partial charge in [-0.2, -0.15) is 0 Å². The van der Waals surface area contributed by atoms with Crippen LogP contribution in [-0.4, -0.2) is 0 Å². The number of hydrogen-bond acceptors (Lipinski definition) is 1. The topological polar surface area (TPSA) is 0 Å². The van der Waals surface area contributed by atoms with E-state index in [1.165, 1.54) is 64.0 Å². The lowest BCUT2D eigenvalue weighted by molar-refractivity contribution is 1.06. The summed E-state index contributed by atoms with van der Waals surface area (Å²) in [6, 6.07) is 33.7. The van der Waals surface area contributed by atoms with Crippen molar-refractivity contribution in [1.82, 2.24) is 0 Å². The number of fused-ring (bicyclic) bond motifs is 5. The number of hydrogen-bond donors (Lipinski definition) is 0. The zero-order chi connectivity index (χ0) is 21.8. The van der Waals surface area contributed by atoms with Crippen molar-refractivity contribution in [3.63, 3.8) is 0 Å². The lowest BCUT2D eigenvalue weighted by Crippen LogP contribution is -1.95. The van der Waals surface area contributed by atoms with E-state index in [4.69, 9.17) is 0 Å². The van der Waals surface area contributed by atoms with E-state index < -0.39 is 0 Å². The van der Waals surface area contributed by atoms with Crippen molar-refractivity contribution < 1.29 is 0 Å². The first-order chi connectivity index (χ1) is 16.4. The fourth-order valence-electron chi connectivity index (χ4n) is 5.48. The van der Waals surface area contributed by atoms with Crippen molar-refractivity contribution in [2.45, 2.75) is 12.8 Å². The minimum Gasteiger partial charge on any atom is -0.135 e. The summed E-state index contributed by atoms with van der Waals surface area (Å²) in [6.07, 6.45) is 8.99. The van der Waals surface area contributed by atoms with E-state index in [0.717, 1.165) is 12.8 Å². The second-order valence-corrected chi connectivity index (χ2v) is 9.89. The molecule has 0 nitrogen and oxygen atoms in total. The first-order valence-corrected chi connectivity index (χ1v) is 12.4. The van der Waals surface area contributed by atoms with Gasteiger partial charge in [0.1, 0.15) is 0 Å². The summed E-state index contributed by atoms with van der Waals surface area (Å²) in [5, 5.41) is 8.07. The Bertz CT molecular complexity index is 1700. The van der Waals surface area contributed by atoms with Gasteiger partial charge >= 0.3 is 0 Å². The van der Waals surface area contributed by atoms with Gasteiger partial charge in [-0.3, -0.25) is 0 Å². The molecule has 1 heteroatoms. The monoisotopic (exact) mass is 438 g/mol. The van der Waals surface area contributed by atoms with E-state index >= 15 is 0 Å². The van der Waals surface area contributed by atoms with Crippen molar-refractivity contribution in [2.24, 2.45) is 0 Å². The fraction of sp³-hybridized carbons (Fsp3) is 0.0625. The molecular formula is C32H22S. The Morgan fingerprint density at radius 1 is 0.545 bits per heavy atom. The molecule has 0 unspecified atom stereocenters. The SMILES string of the molecule is C1=CCCC(c2c3ccccc3c(-c3ccc4sc5ccccc5c4c3)c3ccccc23)=C1. The minimum absolute atomic E-state index is 1.09. The summed E-state index contributed by atoms with van der Waals surface area (Å²) in [7, 11) is 0. The molecule has 0 aliphatic heterocycles. The van der Waals surface area contributed by atoms with Gasteiger partial charge in [-0.25, -0.2) is 0 Å². The third kappa shape index (κ3) is 2.90. The summed E-state index contributed by atoms with van der Waals surface area (Å²) in [5.74, 6) is 0. The van der Waals surface area contributed by atoms with Crippen LogP contribution in [0.2, 0.25) is 0 Å². The van der Waals surface area contributed by atoms with Gasteiger partial charge in [0.15, 0.2) is 0 Å². The molecule has 156 valence electrons. The fourth-order valence-corrected chi connectivity index (χ4v) is 6.56. The molecule has 0 radical (unpaired) electrons. The highest BCUT2D eigenvalue weighted by Crippen LogP contribution is 2.44. The maximum atomic E-state index is 2.41. The van der Waals surface area contributed by atoms with Crippen LogP contribution in [0.5, 0.6) is 0 Å². The Kier molecular flexibility index (Phi) is 4.25. The molecule has 1 aliphatic rings. The quantitative estimate of drug-likeness (QED) is 0.236. The molecule has 33 heavy (non-hydrogen) atoms. The summed E-state index contributed by atoms with van der Waals surface area (Å²) in [6.45, 7) is 0. The first-order valence-electron chi connectivity index (χ1n) is 11.6. The molecule has 0 spiro atoms. The Hall–Kier alpha value is -3.68. The molecule has 5 aromatic carbocycles. The van der Waals surface area contributed by atoms with Gasteiger partial charge in [-0.15, -0.1) is 11.3 Å². The average Bonchev–Trinajstić information content (AvgIpc) is 3.25. The zero-order valence-electron chi connectivity index (χ0n) is 18.2. The van der Waals surface area contributed by atoms with Crippen LogP contribution in [0.25, 0.3) is 58.4 Å². The standard InChI is InChI=1S/C32H22S/c1-2-10-21(11-3-1)31-24-13-4-6-15-26(24)32(27-16-7-5-14-25(27)31)22-18-19-30-28(20-22)23-12-8-9-17-29(23)33-30/h1-2,4-10,12-20H,3,11H2. The molecule has 7 rings (SSSR count). The van der Waals surface area contributed by atoms with E-state index in [2.05, 4.69) is 109 Å². The predicted octanol–water partition coefficient (Wildman–Crippen LogP) is 9.76. The lowest BCUT2D eigenvalue weighted by Gasteiger charge is -2.20. The molecule has 1 aromatic heterocycles. The molecule has 0 N–H and O–H groups in total. The lowest BCUT2D eigenvalue weighted by atomic mass is 9.84. The van der Waals surface area contributed by atoms with E-state index in [0.29, 0.717) is 0 Å². The molecule has 0 fully saturated rings. The molecule has 6 aromatic rings. The van der Waals surface area contributed by atoms with Gasteiger partial charge in [0.25, 0.3) is 0 Å². The Labute approximate surface area is 197 Å². The molecule has 1 heterocycles. The number of rotatable bonds is 2. The summed E-state index contributed by atoms with van der Waals surface area (Å²) < 4.78 is 2.70. The van der Waals surface area contributed by atoms with Crippen molar-refractivity contribution in [3.8, 4) is 11.1 Å². The van der Waals surface area contributed by atoms with Gasteiger partial charge < -0.3 is 0 Å².